The van der Waals surface area contributed by atoms with Gasteiger partial charge in [-0.25, -0.2) is 0 Å². The van der Waals surface area contributed by atoms with Gasteiger partial charge in [0.25, 0.3) is 5.91 Å². The highest BCUT2D eigenvalue weighted by Crippen LogP contribution is 2.37. The average molecular weight is 316 g/mol. The van der Waals surface area contributed by atoms with Gasteiger partial charge in [-0.1, -0.05) is 27.7 Å². The van der Waals surface area contributed by atoms with E-state index in [0.717, 1.165) is 36.3 Å². The molecule has 2 aliphatic rings. The lowest BCUT2D eigenvalue weighted by Crippen LogP contribution is -2.42. The Morgan fingerprint density at radius 1 is 1.17 bits per heavy atom. The van der Waals surface area contributed by atoms with E-state index in [9.17, 15) is 9.59 Å². The lowest BCUT2D eigenvalue weighted by molar-refractivity contribution is 0.0617. The number of likely N-dealkylation sites (tertiary alicyclic amines) is 1. The van der Waals surface area contributed by atoms with Gasteiger partial charge < -0.3 is 9.88 Å². The van der Waals surface area contributed by atoms with Crippen LogP contribution in [-0.2, 0) is 6.42 Å². The first-order valence-electron chi connectivity index (χ1n) is 8.72. The Morgan fingerprint density at radius 2 is 1.78 bits per heavy atom. The molecule has 1 fully saturated rings. The van der Waals surface area contributed by atoms with Gasteiger partial charge in [-0.2, -0.15) is 0 Å². The normalized spacial score (nSPS) is 27.0. The Kier molecular flexibility index (Phi) is 3.89. The Bertz CT molecular complexity index is 647. The lowest BCUT2D eigenvalue weighted by Gasteiger charge is -2.34. The van der Waals surface area contributed by atoms with E-state index < -0.39 is 0 Å². The lowest BCUT2D eigenvalue weighted by atomic mass is 9.75. The molecule has 0 aromatic carbocycles. The number of ketones is 1. The van der Waals surface area contributed by atoms with Crippen LogP contribution in [0.5, 0.6) is 0 Å². The van der Waals surface area contributed by atoms with E-state index in [4.69, 9.17) is 0 Å². The molecule has 1 aromatic heterocycles. The van der Waals surface area contributed by atoms with Gasteiger partial charge in [-0.15, -0.1) is 0 Å². The van der Waals surface area contributed by atoms with Crippen LogP contribution in [0.25, 0.3) is 0 Å². The molecular weight excluding hydrogens is 288 g/mol. The quantitative estimate of drug-likeness (QED) is 0.860. The summed E-state index contributed by atoms with van der Waals surface area (Å²) in [4.78, 5) is 30.7. The number of hydrogen-bond donors (Lipinski definition) is 1. The van der Waals surface area contributed by atoms with E-state index in [0.29, 0.717) is 24.0 Å². The molecule has 2 atom stereocenters. The van der Waals surface area contributed by atoms with Gasteiger partial charge >= 0.3 is 0 Å². The molecule has 4 nitrogen and oxygen atoms in total. The summed E-state index contributed by atoms with van der Waals surface area (Å²) in [6, 6.07) is 0. The number of Topliss-reactive ketones (excluding diaryl/α,β-unsaturated/α-hetero) is 1. The zero-order chi connectivity index (χ0) is 16.9. The molecule has 23 heavy (non-hydrogen) atoms. The average Bonchev–Trinajstić information content (AvgIpc) is 2.72. The van der Waals surface area contributed by atoms with Crippen molar-refractivity contribution in [3.8, 4) is 0 Å². The molecule has 0 spiro atoms. The second-order valence-electron chi connectivity index (χ2n) is 8.58. The summed E-state index contributed by atoms with van der Waals surface area (Å²) in [5.74, 6) is 1.30. The molecule has 126 valence electrons. The predicted molar refractivity (Wildman–Crippen MR) is 90.8 cm³/mol. The van der Waals surface area contributed by atoms with Gasteiger partial charge in [0, 0.05) is 30.8 Å². The molecule has 1 aromatic rings. The second kappa shape index (κ2) is 5.50. The van der Waals surface area contributed by atoms with Crippen LogP contribution in [0.2, 0.25) is 0 Å². The van der Waals surface area contributed by atoms with Crippen molar-refractivity contribution in [1.29, 1.82) is 0 Å². The monoisotopic (exact) mass is 316 g/mol. The molecule has 1 aliphatic carbocycles. The summed E-state index contributed by atoms with van der Waals surface area (Å²) in [5, 5.41) is 0. The van der Waals surface area contributed by atoms with E-state index in [1.807, 2.05) is 11.8 Å². The Hall–Kier alpha value is -1.58. The molecule has 1 N–H and O–H groups in total. The zero-order valence-electron chi connectivity index (χ0n) is 15.0. The summed E-state index contributed by atoms with van der Waals surface area (Å²) >= 11 is 0. The molecule has 4 heteroatoms. The fourth-order valence-electron chi connectivity index (χ4n) is 4.43. The first kappa shape index (κ1) is 16.3. The number of nitrogens with zero attached hydrogens (tertiary/aromatic N) is 1. The third-order valence-electron chi connectivity index (χ3n) is 5.27. The van der Waals surface area contributed by atoms with Crippen molar-refractivity contribution in [2.75, 3.05) is 13.1 Å². The van der Waals surface area contributed by atoms with Gasteiger partial charge in [-0.3, -0.25) is 9.59 Å². The smallest absolute Gasteiger partial charge is 0.270 e. The van der Waals surface area contributed by atoms with E-state index in [2.05, 4.69) is 32.7 Å². The first-order valence-corrected chi connectivity index (χ1v) is 8.72. The molecule has 0 radical (unpaired) electrons. The minimum Gasteiger partial charge on any atom is -0.354 e. The van der Waals surface area contributed by atoms with E-state index in [-0.39, 0.29) is 17.1 Å². The van der Waals surface area contributed by atoms with E-state index in [1.54, 1.807) is 0 Å². The minimum atomic E-state index is -0.0319. The van der Waals surface area contributed by atoms with Gasteiger partial charge in [0.05, 0.1) is 0 Å². The maximum Gasteiger partial charge on any atom is 0.270 e. The number of nitrogens with one attached hydrogen (secondary N) is 1. The number of amides is 1. The maximum absolute atomic E-state index is 13.0. The molecule has 0 bridgehead atoms. The number of H-pyrrole nitrogens is 1. The van der Waals surface area contributed by atoms with Crippen molar-refractivity contribution in [3.63, 3.8) is 0 Å². The van der Waals surface area contributed by atoms with Crippen LogP contribution in [0.4, 0.5) is 0 Å². The van der Waals surface area contributed by atoms with Gasteiger partial charge in [0.15, 0.2) is 5.78 Å². The minimum absolute atomic E-state index is 0.0319. The summed E-state index contributed by atoms with van der Waals surface area (Å²) in [5.41, 5.74) is 3.16. The third-order valence-corrected chi connectivity index (χ3v) is 5.27. The van der Waals surface area contributed by atoms with Crippen molar-refractivity contribution in [3.05, 3.63) is 22.5 Å². The summed E-state index contributed by atoms with van der Waals surface area (Å²) in [7, 11) is 0. The summed E-state index contributed by atoms with van der Waals surface area (Å²) < 4.78 is 0. The molecule has 2 unspecified atom stereocenters. The third kappa shape index (κ3) is 2.96. The van der Waals surface area contributed by atoms with Crippen LogP contribution < -0.4 is 0 Å². The second-order valence-corrected chi connectivity index (χ2v) is 8.58. The number of hydrogen-bond acceptors (Lipinski definition) is 2. The van der Waals surface area contributed by atoms with Gasteiger partial charge in [0.1, 0.15) is 5.69 Å². The highest BCUT2D eigenvalue weighted by Gasteiger charge is 2.36. The first-order chi connectivity index (χ1) is 10.7. The number of carbonyl (C=O) groups excluding carboxylic acids is 2. The fourth-order valence-corrected chi connectivity index (χ4v) is 4.43. The number of carbonyl (C=O) groups is 2. The number of rotatable bonds is 1. The largest absolute Gasteiger partial charge is 0.354 e. The predicted octanol–water partition coefficient (Wildman–Crippen LogP) is 3.60. The zero-order valence-corrected chi connectivity index (χ0v) is 15.0. The van der Waals surface area contributed by atoms with Crippen LogP contribution in [0.15, 0.2) is 0 Å². The standard InChI is InChI=1S/C19H28N2O2/c1-11-6-12(2)10-21(9-11)18(23)17-13(3)16-14(20-17)7-19(4,5)8-15(16)22/h11-12,20H,6-10H2,1-5H3. The maximum atomic E-state index is 13.0. The SMILES string of the molecule is Cc1c(C(=O)N2CC(C)CC(C)C2)[nH]c2c1C(=O)CC(C)(C)C2. The number of aromatic amines is 1. The number of fused-ring (bicyclic) bond motifs is 1. The topological polar surface area (TPSA) is 53.2 Å². The van der Waals surface area contributed by atoms with Crippen LogP contribution in [-0.4, -0.2) is 34.7 Å². The number of aromatic nitrogens is 1. The van der Waals surface area contributed by atoms with Crippen molar-refractivity contribution in [2.24, 2.45) is 17.3 Å². The Morgan fingerprint density at radius 3 is 2.39 bits per heavy atom. The van der Waals surface area contributed by atoms with Crippen molar-refractivity contribution in [2.45, 2.75) is 53.9 Å². The molecule has 0 saturated carbocycles. The molecular formula is C19H28N2O2. The number of piperidine rings is 1. The molecule has 3 rings (SSSR count). The highest BCUT2D eigenvalue weighted by molar-refractivity contribution is 6.04. The van der Waals surface area contributed by atoms with E-state index in [1.165, 1.54) is 6.42 Å². The fraction of sp³-hybridized carbons (Fsp3) is 0.684. The van der Waals surface area contributed by atoms with Gasteiger partial charge in [-0.05, 0) is 42.6 Å². The van der Waals surface area contributed by atoms with Crippen molar-refractivity contribution >= 4 is 11.7 Å². The van der Waals surface area contributed by atoms with Crippen LogP contribution >= 0.6 is 0 Å². The van der Waals surface area contributed by atoms with Crippen molar-refractivity contribution in [1.82, 2.24) is 9.88 Å². The van der Waals surface area contributed by atoms with E-state index >= 15 is 0 Å². The Balaban J connectivity index is 1.93. The summed E-state index contributed by atoms with van der Waals surface area (Å²) in [6.45, 7) is 12.2. The molecule has 2 heterocycles. The summed E-state index contributed by atoms with van der Waals surface area (Å²) in [6.07, 6.45) is 2.57. The van der Waals surface area contributed by atoms with Crippen LogP contribution in [0.1, 0.15) is 72.6 Å². The van der Waals surface area contributed by atoms with Crippen LogP contribution in [0, 0.1) is 24.2 Å². The Labute approximate surface area is 138 Å². The highest BCUT2D eigenvalue weighted by atomic mass is 16.2. The van der Waals surface area contributed by atoms with Gasteiger partial charge in [0.2, 0.25) is 0 Å². The molecule has 1 aliphatic heterocycles. The molecule has 1 amide bonds. The van der Waals surface area contributed by atoms with Crippen molar-refractivity contribution < 1.29 is 9.59 Å². The molecule has 1 saturated heterocycles. The van der Waals surface area contributed by atoms with Crippen LogP contribution in [0.3, 0.4) is 0 Å².